The molecule has 1 aromatic carbocycles. The lowest BCUT2D eigenvalue weighted by Gasteiger charge is -2.45. The summed E-state index contributed by atoms with van der Waals surface area (Å²) in [4.78, 5) is 71.0. The molecule has 1 N–H and O–H groups in total. The Balaban J connectivity index is 2.45. The van der Waals surface area contributed by atoms with Crippen molar-refractivity contribution in [2.24, 2.45) is 28.1 Å². The molecule has 1 aromatic rings. The van der Waals surface area contributed by atoms with Gasteiger partial charge in [0.25, 0.3) is 0 Å². The average Bonchev–Trinajstić information content (AvgIpc) is 3.14. The quantitative estimate of drug-likeness (QED) is 0.0416. The molecular weight excluding hydrogens is 693 g/mol. The summed E-state index contributed by atoms with van der Waals surface area (Å²) < 4.78 is 11.1. The topological polar surface area (TPSA) is 124 Å². The van der Waals surface area contributed by atoms with Gasteiger partial charge in [-0.25, -0.2) is 0 Å². The average molecular weight is 757 g/mol. The maximum atomic E-state index is 15.6. The Morgan fingerprint density at radius 2 is 1.42 bits per heavy atom. The van der Waals surface area contributed by atoms with Gasteiger partial charge in [-0.3, -0.25) is 24.0 Å². The predicted molar refractivity (Wildman–Crippen MR) is 218 cm³/mol. The van der Waals surface area contributed by atoms with Crippen LogP contribution in [0.3, 0.4) is 0 Å². The summed E-state index contributed by atoms with van der Waals surface area (Å²) in [5.74, 6) is -4.02. The molecule has 300 valence electrons. The number of carbonyl (C=O) groups is 5. The third-order valence-electron chi connectivity index (χ3n) is 11.2. The lowest BCUT2D eigenvalue weighted by atomic mass is 9.54. The van der Waals surface area contributed by atoms with Gasteiger partial charge in [0.15, 0.2) is 28.8 Å². The number of ether oxygens (including phenoxy) is 2. The molecule has 0 radical (unpaired) electrons. The second-order valence-corrected chi connectivity index (χ2v) is 17.3. The molecule has 0 amide bonds. The molecule has 8 nitrogen and oxygen atoms in total. The van der Waals surface area contributed by atoms with Crippen molar-refractivity contribution in [3.8, 4) is 11.5 Å². The van der Waals surface area contributed by atoms with E-state index in [0.29, 0.717) is 25.7 Å². The Morgan fingerprint density at radius 1 is 0.855 bits per heavy atom. The van der Waals surface area contributed by atoms with E-state index in [0.717, 1.165) is 22.3 Å². The Kier molecular flexibility index (Phi) is 15.2. The molecule has 0 saturated heterocycles. The fraction of sp³-hybridized carbons (Fsp3) is 0.553. The van der Waals surface area contributed by atoms with Crippen LogP contribution in [-0.2, 0) is 19.2 Å². The number of esters is 2. The van der Waals surface area contributed by atoms with E-state index in [-0.39, 0.29) is 73.2 Å². The van der Waals surface area contributed by atoms with E-state index in [2.05, 4.69) is 32.6 Å². The largest absolute Gasteiger partial charge is 0.510 e. The number of hydrogen-bond acceptors (Lipinski definition) is 8. The SMILES string of the molecule is C=C(C)C(CC=C(C)C)CC12CC(CC=C(C)C)C(C)(C)CC(CC=C(C)C)(C(=O)C(C(=O)c3ccc(OC(=O)CCC)c(OC(=O)CCC)c3)=C1O)C2=O. The lowest BCUT2D eigenvalue weighted by molar-refractivity contribution is -0.149. The zero-order chi connectivity index (χ0) is 41.5. The van der Waals surface area contributed by atoms with Gasteiger partial charge in [-0.1, -0.05) is 74.8 Å². The van der Waals surface area contributed by atoms with Crippen LogP contribution in [0.15, 0.2) is 76.6 Å². The number of aliphatic hydroxyl groups excluding tert-OH is 1. The van der Waals surface area contributed by atoms with Crippen LogP contribution in [0, 0.1) is 28.1 Å². The summed E-state index contributed by atoms with van der Waals surface area (Å²) in [7, 11) is 0. The number of hydrogen-bond donors (Lipinski definition) is 1. The number of fused-ring (bicyclic) bond motifs is 2. The minimum atomic E-state index is -1.64. The molecule has 2 aliphatic carbocycles. The second kappa shape index (κ2) is 18.5. The zero-order valence-electron chi connectivity index (χ0n) is 35.2. The first-order valence-corrected chi connectivity index (χ1v) is 19.8. The molecule has 0 aliphatic heterocycles. The van der Waals surface area contributed by atoms with Crippen molar-refractivity contribution in [1.29, 1.82) is 0 Å². The van der Waals surface area contributed by atoms with Crippen molar-refractivity contribution < 1.29 is 38.6 Å². The van der Waals surface area contributed by atoms with E-state index in [1.54, 1.807) is 0 Å². The monoisotopic (exact) mass is 756 g/mol. The number of Topliss-reactive ketones (excluding diaryl/α,β-unsaturated/α-hetero) is 3. The minimum absolute atomic E-state index is 0.0413. The normalized spacial score (nSPS) is 22.2. The van der Waals surface area contributed by atoms with Gasteiger partial charge in [-0.2, -0.15) is 0 Å². The van der Waals surface area contributed by atoms with Gasteiger partial charge in [0.05, 0.1) is 10.8 Å². The first-order valence-electron chi connectivity index (χ1n) is 19.8. The highest BCUT2D eigenvalue weighted by atomic mass is 16.6. The van der Waals surface area contributed by atoms with Crippen LogP contribution in [0.1, 0.15) is 151 Å². The van der Waals surface area contributed by atoms with Crippen molar-refractivity contribution in [2.75, 3.05) is 0 Å². The Labute approximate surface area is 329 Å². The van der Waals surface area contributed by atoms with Gasteiger partial charge in [-0.15, -0.1) is 0 Å². The first kappa shape index (κ1) is 45.1. The third kappa shape index (κ3) is 10.3. The van der Waals surface area contributed by atoms with Gasteiger partial charge in [0.2, 0.25) is 0 Å². The summed E-state index contributed by atoms with van der Waals surface area (Å²) >= 11 is 0. The maximum absolute atomic E-state index is 15.6. The maximum Gasteiger partial charge on any atom is 0.311 e. The van der Waals surface area contributed by atoms with E-state index in [1.165, 1.54) is 18.2 Å². The molecule has 0 spiro atoms. The van der Waals surface area contributed by atoms with Crippen molar-refractivity contribution in [3.05, 3.63) is 82.2 Å². The van der Waals surface area contributed by atoms with Crippen molar-refractivity contribution in [3.63, 3.8) is 0 Å². The Bertz CT molecular complexity index is 1800. The minimum Gasteiger partial charge on any atom is -0.510 e. The van der Waals surface area contributed by atoms with E-state index in [9.17, 15) is 19.5 Å². The van der Waals surface area contributed by atoms with Crippen LogP contribution in [0.5, 0.6) is 11.5 Å². The Morgan fingerprint density at radius 3 is 1.95 bits per heavy atom. The highest BCUT2D eigenvalue weighted by Crippen LogP contribution is 2.62. The molecule has 1 fully saturated rings. The van der Waals surface area contributed by atoms with Gasteiger partial charge >= 0.3 is 11.9 Å². The lowest BCUT2D eigenvalue weighted by Crippen LogP contribution is -2.55. The van der Waals surface area contributed by atoms with Crippen LogP contribution in [0.2, 0.25) is 0 Å². The molecule has 4 unspecified atom stereocenters. The third-order valence-corrected chi connectivity index (χ3v) is 11.2. The van der Waals surface area contributed by atoms with Crippen LogP contribution in [0.25, 0.3) is 0 Å². The fourth-order valence-corrected chi connectivity index (χ4v) is 8.09. The molecule has 1 saturated carbocycles. The highest BCUT2D eigenvalue weighted by molar-refractivity contribution is 6.34. The first-order chi connectivity index (χ1) is 25.6. The number of benzene rings is 1. The summed E-state index contributed by atoms with van der Waals surface area (Å²) in [6.45, 7) is 25.9. The summed E-state index contributed by atoms with van der Waals surface area (Å²) in [6, 6.07) is 4.03. The van der Waals surface area contributed by atoms with Crippen LogP contribution in [0.4, 0.5) is 0 Å². The summed E-state index contributed by atoms with van der Waals surface area (Å²) in [5, 5.41) is 12.7. The summed E-state index contributed by atoms with van der Waals surface area (Å²) in [5.41, 5.74) is -0.255. The molecule has 2 aliphatic rings. The van der Waals surface area contributed by atoms with E-state index in [1.807, 2.05) is 68.4 Å². The zero-order valence-corrected chi connectivity index (χ0v) is 35.2. The van der Waals surface area contributed by atoms with E-state index >= 15 is 9.59 Å². The van der Waals surface area contributed by atoms with Gasteiger partial charge in [-0.05, 0) is 135 Å². The second-order valence-electron chi connectivity index (χ2n) is 17.3. The molecular formula is C47H64O8. The molecule has 8 heteroatoms. The van der Waals surface area contributed by atoms with Crippen LogP contribution < -0.4 is 9.47 Å². The molecule has 3 rings (SSSR count). The van der Waals surface area contributed by atoms with Crippen molar-refractivity contribution in [1.82, 2.24) is 0 Å². The van der Waals surface area contributed by atoms with Crippen molar-refractivity contribution in [2.45, 2.75) is 140 Å². The number of allylic oxidation sites excluding steroid dienone is 9. The molecule has 0 aromatic heterocycles. The number of rotatable bonds is 17. The highest BCUT2D eigenvalue weighted by Gasteiger charge is 2.66. The van der Waals surface area contributed by atoms with Crippen molar-refractivity contribution >= 4 is 29.3 Å². The van der Waals surface area contributed by atoms with E-state index < -0.39 is 51.1 Å². The van der Waals surface area contributed by atoms with E-state index in [4.69, 9.17) is 9.47 Å². The number of aliphatic hydroxyl groups is 1. The molecule has 4 atom stereocenters. The van der Waals surface area contributed by atoms with Gasteiger partial charge in [0, 0.05) is 18.4 Å². The smallest absolute Gasteiger partial charge is 0.311 e. The Hall–Kier alpha value is -4.33. The molecule has 2 bridgehead atoms. The van der Waals surface area contributed by atoms with Crippen LogP contribution in [-0.4, -0.2) is 34.4 Å². The molecule has 55 heavy (non-hydrogen) atoms. The summed E-state index contributed by atoms with van der Waals surface area (Å²) in [6.07, 6.45) is 9.27. The number of ketones is 3. The number of carbonyl (C=O) groups excluding carboxylic acids is 5. The fourth-order valence-electron chi connectivity index (χ4n) is 8.09. The molecule has 0 heterocycles. The van der Waals surface area contributed by atoms with Gasteiger partial charge < -0.3 is 14.6 Å². The standard InChI is InChI=1S/C47H64O8/c1-13-15-38(48)54-36-22-20-33(25-37(36)55-39(49)16-14-2)41(50)40-42(51)46(24-23-31(7)8)28-45(11,12)35(21-18-30(5)6)27-47(43(40)52,44(46)53)26-34(32(9)10)19-17-29(3)4/h17-18,20,22-23,25,34-35,52H,9,13-16,19,21,24,26-28H2,1-8,10-12H3. The van der Waals surface area contributed by atoms with Crippen LogP contribution >= 0.6 is 0 Å². The predicted octanol–water partition coefficient (Wildman–Crippen LogP) is 11.3. The van der Waals surface area contributed by atoms with Gasteiger partial charge in [0.1, 0.15) is 11.3 Å².